The Labute approximate surface area is 292 Å². The first-order valence-electron chi connectivity index (χ1n) is 17.3. The first-order chi connectivity index (χ1) is 23.4. The van der Waals surface area contributed by atoms with Crippen molar-refractivity contribution >= 4 is 36.7 Å². The maximum Gasteiger partial charge on any atom is 0.342 e. The molecule has 6 N–H and O–H groups in total. The highest BCUT2D eigenvalue weighted by Crippen LogP contribution is 2.71. The van der Waals surface area contributed by atoms with Gasteiger partial charge in [0.1, 0.15) is 35.4 Å². The zero-order valence-corrected chi connectivity index (χ0v) is 31.4. The number of aliphatic hydroxyl groups excluding tert-OH is 1. The van der Waals surface area contributed by atoms with Gasteiger partial charge in [0.05, 0.1) is 32.8 Å². The highest BCUT2D eigenvalue weighted by Gasteiger charge is 2.92. The first kappa shape index (κ1) is 39.9. The minimum absolute atomic E-state index is 0.00462. The summed E-state index contributed by atoms with van der Waals surface area (Å²) in [5.41, 5.74) is 2.04. The summed E-state index contributed by atoms with van der Waals surface area (Å²) in [5.74, 6) is -1.15. The zero-order valence-electron chi connectivity index (χ0n) is 30.5. The van der Waals surface area contributed by atoms with E-state index in [0.717, 1.165) is 6.42 Å². The van der Waals surface area contributed by atoms with Crippen LogP contribution >= 0.6 is 7.67 Å². The van der Waals surface area contributed by atoms with Crippen LogP contribution in [0, 0.1) is 11.8 Å². The number of fused-ring (bicyclic) bond motifs is 2. The van der Waals surface area contributed by atoms with Crippen LogP contribution in [0.5, 0.6) is 5.88 Å². The second-order valence-electron chi connectivity index (χ2n) is 14.0. The summed E-state index contributed by atoms with van der Waals surface area (Å²) in [4.78, 5) is 38.9. The number of nitrogens with two attached hydrogens (primary N) is 1. The Balaban J connectivity index is 1.62. The predicted octanol–water partition coefficient (Wildman–Crippen LogP) is 2.44. The molecule has 3 heterocycles. The maximum absolute atomic E-state index is 14.6. The molecule has 7 unspecified atom stereocenters. The molecule has 1 aliphatic carbocycles. The van der Waals surface area contributed by atoms with E-state index in [1.54, 1.807) is 32.3 Å². The normalized spacial score (nSPS) is 28.3. The number of anilines is 1. The molecule has 17 nitrogen and oxygen atoms in total. The smallest absolute Gasteiger partial charge is 0.342 e. The molecule has 2 aliphatic rings. The Kier molecular flexibility index (Phi) is 12.2. The molecule has 0 spiro atoms. The van der Waals surface area contributed by atoms with Gasteiger partial charge in [-0.05, 0) is 58.8 Å². The van der Waals surface area contributed by atoms with Gasteiger partial charge in [0.25, 0.3) is 0 Å². The van der Waals surface area contributed by atoms with Crippen LogP contribution in [0.1, 0.15) is 81.6 Å². The topological polar surface area (TPSA) is 231 Å². The number of carbonyl (C=O) groups excluding carboxylic acids is 2. The molecule has 0 amide bonds. The lowest BCUT2D eigenvalue weighted by atomic mass is 10.0. The molecule has 0 aromatic carbocycles. The van der Waals surface area contributed by atoms with Crippen LogP contribution in [0.3, 0.4) is 0 Å². The van der Waals surface area contributed by atoms with E-state index in [9.17, 15) is 24.4 Å². The molecule has 0 bridgehead atoms. The molecule has 4 rings (SSSR count). The van der Waals surface area contributed by atoms with E-state index in [0.29, 0.717) is 12.1 Å². The lowest BCUT2D eigenvalue weighted by Gasteiger charge is -2.32. The molecule has 1 aliphatic heterocycles. The van der Waals surface area contributed by atoms with Gasteiger partial charge in [-0.25, -0.2) is 15.2 Å². The number of hydrogen-bond acceptors (Lipinski definition) is 14. The van der Waals surface area contributed by atoms with Crippen molar-refractivity contribution in [1.82, 2.24) is 29.7 Å². The van der Waals surface area contributed by atoms with Crippen molar-refractivity contribution in [1.29, 1.82) is 0 Å². The SMILES string of the molecule is CCCOc1nc(N)nc2c1ncn2C1(C)C2(C)OC(COP(=O)(NC(CC(C)C)C(=O)OCC)NC(CC(C)C)C(=O)OCC)C(O)C21O. The van der Waals surface area contributed by atoms with Crippen molar-refractivity contribution in [3.63, 3.8) is 0 Å². The van der Waals surface area contributed by atoms with Gasteiger partial charge < -0.3 is 44.0 Å². The summed E-state index contributed by atoms with van der Waals surface area (Å²) >= 11 is 0. The van der Waals surface area contributed by atoms with Crippen molar-refractivity contribution in [2.24, 2.45) is 11.8 Å². The molecule has 1 saturated carbocycles. The maximum atomic E-state index is 14.6. The van der Waals surface area contributed by atoms with Crippen molar-refractivity contribution in [3.05, 3.63) is 6.33 Å². The number of esters is 2. The summed E-state index contributed by atoms with van der Waals surface area (Å²) < 4.78 is 44.7. The van der Waals surface area contributed by atoms with E-state index in [-0.39, 0.29) is 55.4 Å². The van der Waals surface area contributed by atoms with Gasteiger partial charge >= 0.3 is 19.6 Å². The number of rotatable bonds is 19. The van der Waals surface area contributed by atoms with Crippen LogP contribution in [-0.4, -0.2) is 104 Å². The van der Waals surface area contributed by atoms with Crippen molar-refractivity contribution in [2.45, 2.75) is 123 Å². The standard InChI is InChI=1S/C32H54N7O10P/c1-10-13-47-26-23-25(35-29(33)36-26)39(17-34-23)30(8)31(9)32(30,43)24(40)22(49-31)16-48-50(44,37-20(14-18(4)5)27(41)45-11-2)38-21(15-19(6)7)28(42)46-12-3/h17-22,24,40,43H,10-16H2,1-9H3,(H2,33,35,36)(H2,37,38,44). The third kappa shape index (κ3) is 7.23. The quantitative estimate of drug-likeness (QED) is 0.103. The minimum Gasteiger partial charge on any atom is -0.476 e. The van der Waals surface area contributed by atoms with Gasteiger partial charge in [0, 0.05) is 0 Å². The molecule has 18 heteroatoms. The number of hydrogen-bond donors (Lipinski definition) is 5. The van der Waals surface area contributed by atoms with Gasteiger partial charge in [-0.1, -0.05) is 34.6 Å². The van der Waals surface area contributed by atoms with Crippen LogP contribution in [0.15, 0.2) is 6.33 Å². The van der Waals surface area contributed by atoms with E-state index in [2.05, 4.69) is 25.1 Å². The Morgan fingerprint density at radius 3 is 2.06 bits per heavy atom. The lowest BCUT2D eigenvalue weighted by molar-refractivity contribution is -0.146. The van der Waals surface area contributed by atoms with Crippen LogP contribution in [0.4, 0.5) is 5.95 Å². The van der Waals surface area contributed by atoms with Crippen molar-refractivity contribution in [2.75, 3.05) is 32.2 Å². The monoisotopic (exact) mass is 727 g/mol. The van der Waals surface area contributed by atoms with E-state index in [1.807, 2.05) is 34.6 Å². The Hall–Kier alpha value is -2.92. The van der Waals surface area contributed by atoms with Crippen LogP contribution in [0.2, 0.25) is 0 Å². The summed E-state index contributed by atoms with van der Waals surface area (Å²) in [6, 6.07) is -2.11. The summed E-state index contributed by atoms with van der Waals surface area (Å²) in [7, 11) is -4.30. The number of nitrogens with zero attached hydrogens (tertiary/aromatic N) is 4. The highest BCUT2D eigenvalue weighted by atomic mass is 31.2. The van der Waals surface area contributed by atoms with E-state index < -0.39 is 67.2 Å². The molecule has 50 heavy (non-hydrogen) atoms. The van der Waals surface area contributed by atoms with E-state index >= 15 is 0 Å². The summed E-state index contributed by atoms with van der Waals surface area (Å²) in [5, 5.41) is 29.3. The average molecular weight is 728 g/mol. The average Bonchev–Trinajstić information content (AvgIpc) is 3.33. The number of nitrogen functional groups attached to an aromatic ring is 1. The molecule has 0 radical (unpaired) electrons. The fourth-order valence-electron chi connectivity index (χ4n) is 6.86. The molecular formula is C32H54N7O10P. The number of aromatic nitrogens is 4. The third-order valence-corrected chi connectivity index (χ3v) is 11.3. The molecule has 2 aromatic rings. The number of nitrogens with one attached hydrogen (secondary N) is 2. The highest BCUT2D eigenvalue weighted by molar-refractivity contribution is 7.54. The minimum atomic E-state index is -4.30. The van der Waals surface area contributed by atoms with Gasteiger partial charge in [-0.3, -0.25) is 14.2 Å². The predicted molar refractivity (Wildman–Crippen MR) is 183 cm³/mol. The third-order valence-electron chi connectivity index (χ3n) is 9.44. The lowest BCUT2D eigenvalue weighted by Crippen LogP contribution is -2.48. The summed E-state index contributed by atoms with van der Waals surface area (Å²) in [6.45, 7) is 16.3. The van der Waals surface area contributed by atoms with Gasteiger partial charge in [0.15, 0.2) is 16.8 Å². The fourth-order valence-corrected chi connectivity index (χ4v) is 8.68. The second-order valence-corrected chi connectivity index (χ2v) is 15.8. The molecule has 2 fully saturated rings. The second kappa shape index (κ2) is 15.4. The molecule has 7 atom stereocenters. The molecule has 282 valence electrons. The fraction of sp³-hybridized carbons (Fsp3) is 0.781. The number of ether oxygens (including phenoxy) is 4. The van der Waals surface area contributed by atoms with Crippen LogP contribution < -0.4 is 20.6 Å². The van der Waals surface area contributed by atoms with E-state index in [1.165, 1.54) is 6.33 Å². The van der Waals surface area contributed by atoms with Crippen molar-refractivity contribution in [3.8, 4) is 5.88 Å². The molecular weight excluding hydrogens is 673 g/mol. The Morgan fingerprint density at radius 1 is 1.04 bits per heavy atom. The van der Waals surface area contributed by atoms with Crippen LogP contribution in [0.25, 0.3) is 11.2 Å². The largest absolute Gasteiger partial charge is 0.476 e. The zero-order chi connectivity index (χ0) is 37.2. The van der Waals surface area contributed by atoms with Gasteiger partial charge in [-0.15, -0.1) is 0 Å². The Morgan fingerprint density at radius 2 is 1.60 bits per heavy atom. The number of aliphatic hydroxyl groups is 2. The van der Waals surface area contributed by atoms with Gasteiger partial charge in [0.2, 0.25) is 11.8 Å². The number of carbonyl (C=O) groups is 2. The van der Waals surface area contributed by atoms with Crippen molar-refractivity contribution < 1.29 is 47.8 Å². The Bertz CT molecular complexity index is 1540. The van der Waals surface area contributed by atoms with Gasteiger partial charge in [-0.2, -0.15) is 9.97 Å². The number of imidazole rings is 1. The molecule has 2 aromatic heterocycles. The summed E-state index contributed by atoms with van der Waals surface area (Å²) in [6.07, 6.45) is -0.0440. The van der Waals surface area contributed by atoms with Crippen LogP contribution in [-0.2, 0) is 38.4 Å². The first-order valence-corrected chi connectivity index (χ1v) is 18.9. The molecule has 1 saturated heterocycles. The van der Waals surface area contributed by atoms with E-state index in [4.69, 9.17) is 29.2 Å².